The summed E-state index contributed by atoms with van der Waals surface area (Å²) in [5.41, 5.74) is -0.0179. The van der Waals surface area contributed by atoms with E-state index in [2.05, 4.69) is 10.6 Å². The molecular weight excluding hydrogens is 496 g/mol. The molecule has 3 amide bonds. The van der Waals surface area contributed by atoms with E-state index in [1.54, 1.807) is 20.8 Å². The van der Waals surface area contributed by atoms with Gasteiger partial charge in [-0.3, -0.25) is 24.1 Å². The Morgan fingerprint density at radius 2 is 1.81 bits per heavy atom. The second-order valence-electron chi connectivity index (χ2n) is 10.5. The summed E-state index contributed by atoms with van der Waals surface area (Å²) in [6.45, 7) is 8.04. The Morgan fingerprint density at radius 1 is 1.16 bits per heavy atom. The van der Waals surface area contributed by atoms with Crippen LogP contribution < -0.4 is 10.6 Å². The molecule has 37 heavy (non-hydrogen) atoms. The van der Waals surface area contributed by atoms with Crippen molar-refractivity contribution in [3.05, 3.63) is 35.9 Å². The van der Waals surface area contributed by atoms with E-state index in [1.807, 2.05) is 35.2 Å². The number of epoxide rings is 1. The minimum absolute atomic E-state index is 0.177. The Bertz CT molecular complexity index is 1030. The lowest BCUT2D eigenvalue weighted by molar-refractivity contribution is -0.142. The predicted molar refractivity (Wildman–Crippen MR) is 139 cm³/mol. The molecule has 1 aromatic carbocycles. The first-order valence-electron chi connectivity index (χ1n) is 12.7. The maximum atomic E-state index is 13.6. The summed E-state index contributed by atoms with van der Waals surface area (Å²) in [6, 6.07) is 6.99. The fourth-order valence-corrected chi connectivity index (χ4v) is 5.35. The molecule has 202 valence electrons. The molecule has 10 nitrogen and oxygen atoms in total. The van der Waals surface area contributed by atoms with Crippen molar-refractivity contribution in [1.29, 1.82) is 0 Å². The number of hydrogen-bond donors (Lipinski definition) is 3. The molecule has 3 aliphatic rings. The van der Waals surface area contributed by atoms with E-state index in [0.717, 1.165) is 5.56 Å². The number of likely N-dealkylation sites (tertiary alicyclic amines) is 1. The Hall–Kier alpha value is -2.47. The molecule has 2 N–H and O–H groups in total. The molecule has 0 bridgehead atoms. The molecule has 0 aromatic heterocycles. The van der Waals surface area contributed by atoms with Crippen LogP contribution in [0.4, 0.5) is 0 Å². The number of Topliss-reactive ketones (excluding diaryl/α,β-unsaturated/α-hetero) is 1. The van der Waals surface area contributed by atoms with Gasteiger partial charge in [-0.25, -0.2) is 0 Å². The number of carbonyl (C=O) groups is 4. The van der Waals surface area contributed by atoms with E-state index >= 15 is 0 Å². The van der Waals surface area contributed by atoms with Crippen molar-refractivity contribution in [3.8, 4) is 0 Å². The molecule has 5 unspecified atom stereocenters. The number of nitrogens with one attached hydrogen (secondary N) is 2. The van der Waals surface area contributed by atoms with Gasteiger partial charge in [-0.15, -0.1) is 0 Å². The first kappa shape index (κ1) is 27.6. The molecule has 0 aliphatic carbocycles. The number of amides is 3. The van der Waals surface area contributed by atoms with Crippen molar-refractivity contribution in [1.82, 2.24) is 20.4 Å². The van der Waals surface area contributed by atoms with Crippen LogP contribution >= 0.6 is 12.6 Å². The quantitative estimate of drug-likeness (QED) is 0.290. The van der Waals surface area contributed by atoms with E-state index in [0.29, 0.717) is 39.3 Å². The zero-order valence-corrected chi connectivity index (χ0v) is 22.5. The van der Waals surface area contributed by atoms with Crippen molar-refractivity contribution in [3.63, 3.8) is 0 Å². The Morgan fingerprint density at radius 3 is 2.43 bits per heavy atom. The van der Waals surface area contributed by atoms with Crippen LogP contribution in [0.15, 0.2) is 30.3 Å². The highest BCUT2D eigenvalue weighted by atomic mass is 32.1. The summed E-state index contributed by atoms with van der Waals surface area (Å²) in [5, 5.41) is 5.47. The number of nitrogens with zero attached hydrogens (tertiary/aromatic N) is 2. The first-order chi connectivity index (χ1) is 17.5. The van der Waals surface area contributed by atoms with Gasteiger partial charge in [0.25, 0.3) is 0 Å². The molecule has 0 spiro atoms. The summed E-state index contributed by atoms with van der Waals surface area (Å²) >= 11 is 4.76. The third-order valence-electron chi connectivity index (χ3n) is 7.19. The fraction of sp³-hybridized carbons (Fsp3) is 0.615. The number of benzene rings is 1. The van der Waals surface area contributed by atoms with E-state index in [9.17, 15) is 19.2 Å². The third kappa shape index (κ3) is 6.51. The van der Waals surface area contributed by atoms with Crippen LogP contribution in [0.2, 0.25) is 0 Å². The van der Waals surface area contributed by atoms with Gasteiger partial charge >= 0.3 is 0 Å². The summed E-state index contributed by atoms with van der Waals surface area (Å²) in [6.07, 6.45) is 0.528. The molecule has 0 radical (unpaired) electrons. The second kappa shape index (κ2) is 11.1. The first-order valence-corrected chi connectivity index (χ1v) is 13.1. The largest absolute Gasteiger partial charge is 0.379 e. The molecule has 5 atom stereocenters. The molecule has 3 heterocycles. The fourth-order valence-electron chi connectivity index (χ4n) is 4.93. The highest BCUT2D eigenvalue weighted by Gasteiger charge is 2.57. The van der Waals surface area contributed by atoms with Crippen molar-refractivity contribution >= 4 is 36.1 Å². The molecule has 11 heteroatoms. The van der Waals surface area contributed by atoms with Gasteiger partial charge in [0, 0.05) is 25.9 Å². The number of carbonyl (C=O) groups excluding carboxylic acids is 4. The van der Waals surface area contributed by atoms with Crippen molar-refractivity contribution in [2.75, 3.05) is 39.5 Å². The lowest BCUT2D eigenvalue weighted by atomic mass is 9.93. The molecule has 4 rings (SSSR count). The molecular formula is C26H36N4O6S. The average molecular weight is 533 g/mol. The van der Waals surface area contributed by atoms with Crippen molar-refractivity contribution in [2.24, 2.45) is 0 Å². The maximum absolute atomic E-state index is 13.6. The smallest absolute Gasteiger partial charge is 0.247 e. The van der Waals surface area contributed by atoms with E-state index in [1.165, 1.54) is 4.90 Å². The van der Waals surface area contributed by atoms with Crippen molar-refractivity contribution in [2.45, 2.75) is 62.2 Å². The van der Waals surface area contributed by atoms with Gasteiger partial charge in [-0.1, -0.05) is 30.3 Å². The van der Waals surface area contributed by atoms with Crippen LogP contribution in [-0.4, -0.2) is 101 Å². The SMILES string of the molecule is CC(NC(=O)CN1CCOCC1)C(=O)NC1CC(C)(S)N(C(Cc2ccccc2)C(=O)C2(C)CO2)C1=O. The van der Waals surface area contributed by atoms with E-state index in [-0.39, 0.29) is 30.6 Å². The number of morpholine rings is 1. The van der Waals surface area contributed by atoms with Crippen LogP contribution in [0.1, 0.15) is 32.8 Å². The summed E-state index contributed by atoms with van der Waals surface area (Å²) in [7, 11) is 0. The summed E-state index contributed by atoms with van der Waals surface area (Å²) in [5.74, 6) is -1.30. The normalized spacial score (nSPS) is 29.5. The topological polar surface area (TPSA) is 121 Å². The zero-order valence-electron chi connectivity index (χ0n) is 21.6. The van der Waals surface area contributed by atoms with Gasteiger partial charge in [-0.05, 0) is 26.3 Å². The number of hydrogen-bond acceptors (Lipinski definition) is 8. The number of thiol groups is 1. The Balaban J connectivity index is 1.42. The third-order valence-corrected chi connectivity index (χ3v) is 7.59. The van der Waals surface area contributed by atoms with Gasteiger partial charge in [0.15, 0.2) is 5.78 Å². The van der Waals surface area contributed by atoms with Gasteiger partial charge in [0.2, 0.25) is 17.7 Å². The van der Waals surface area contributed by atoms with E-state index < -0.39 is 34.5 Å². The zero-order chi connectivity index (χ0) is 26.8. The number of ether oxygens (including phenoxy) is 2. The predicted octanol–water partition coefficient (Wildman–Crippen LogP) is 0.156. The minimum Gasteiger partial charge on any atom is -0.379 e. The van der Waals surface area contributed by atoms with Crippen LogP contribution in [0.5, 0.6) is 0 Å². The molecule has 3 saturated heterocycles. The van der Waals surface area contributed by atoms with Crippen LogP contribution in [0.25, 0.3) is 0 Å². The van der Waals surface area contributed by atoms with Gasteiger partial charge < -0.3 is 25.0 Å². The molecule has 0 saturated carbocycles. The molecule has 1 aromatic rings. The summed E-state index contributed by atoms with van der Waals surface area (Å²) in [4.78, 5) is 54.9. The molecule has 3 aliphatic heterocycles. The Kier molecular flexibility index (Phi) is 8.27. The summed E-state index contributed by atoms with van der Waals surface area (Å²) < 4.78 is 10.7. The lowest BCUT2D eigenvalue weighted by Crippen LogP contribution is -2.56. The monoisotopic (exact) mass is 532 g/mol. The van der Waals surface area contributed by atoms with E-state index in [4.69, 9.17) is 22.1 Å². The van der Waals surface area contributed by atoms with Crippen LogP contribution in [0.3, 0.4) is 0 Å². The highest BCUT2D eigenvalue weighted by molar-refractivity contribution is 7.81. The number of ketones is 1. The van der Waals surface area contributed by atoms with Crippen LogP contribution in [-0.2, 0) is 35.1 Å². The van der Waals surface area contributed by atoms with Crippen molar-refractivity contribution < 1.29 is 28.7 Å². The number of rotatable bonds is 10. The lowest BCUT2D eigenvalue weighted by Gasteiger charge is -2.37. The van der Waals surface area contributed by atoms with Gasteiger partial charge in [0.05, 0.1) is 37.3 Å². The second-order valence-corrected chi connectivity index (χ2v) is 11.4. The highest BCUT2D eigenvalue weighted by Crippen LogP contribution is 2.39. The van der Waals surface area contributed by atoms with Gasteiger partial charge in [0.1, 0.15) is 17.7 Å². The standard InChI is InChI=1S/C26H36N4O6S/c1-17(27-21(31)15-29-9-11-35-12-10-29)23(33)28-19-14-26(3,37)30(24(19)34)20(22(32)25(2)16-36-25)13-18-7-5-4-6-8-18/h4-8,17,19-20,37H,9-16H2,1-3H3,(H,27,31)(H,28,33). The average Bonchev–Trinajstić information content (AvgIpc) is 3.56. The van der Waals surface area contributed by atoms with Crippen LogP contribution in [0, 0.1) is 0 Å². The minimum atomic E-state index is -0.974. The maximum Gasteiger partial charge on any atom is 0.247 e. The Labute approximate surface area is 222 Å². The van der Waals surface area contributed by atoms with Gasteiger partial charge in [-0.2, -0.15) is 12.6 Å². The molecule has 3 fully saturated rings.